The largest absolute Gasteiger partial charge is 0.321 e. The molecule has 28 heavy (non-hydrogen) atoms. The van der Waals surface area contributed by atoms with Crippen LogP contribution in [-0.2, 0) is 0 Å². The SMILES string of the molecule is CC(C)n1nc(C(=O)Nc2ccc(-n3cncn3)cc2)c2ccccc2c1=O. The van der Waals surface area contributed by atoms with Gasteiger partial charge in [0.15, 0.2) is 5.69 Å². The van der Waals surface area contributed by atoms with Crippen LogP contribution in [0.25, 0.3) is 16.5 Å². The van der Waals surface area contributed by atoms with Gasteiger partial charge < -0.3 is 5.32 Å². The van der Waals surface area contributed by atoms with E-state index in [0.717, 1.165) is 5.69 Å². The molecule has 0 unspecified atom stereocenters. The number of fused-ring (bicyclic) bond motifs is 1. The van der Waals surface area contributed by atoms with E-state index in [1.165, 1.54) is 11.0 Å². The monoisotopic (exact) mass is 374 g/mol. The number of nitrogens with one attached hydrogen (secondary N) is 1. The van der Waals surface area contributed by atoms with E-state index in [1.807, 2.05) is 26.0 Å². The number of hydrogen-bond acceptors (Lipinski definition) is 5. The van der Waals surface area contributed by atoms with Crippen LogP contribution in [0.4, 0.5) is 5.69 Å². The minimum atomic E-state index is -0.376. The highest BCUT2D eigenvalue weighted by Crippen LogP contribution is 2.18. The zero-order valence-corrected chi connectivity index (χ0v) is 15.4. The van der Waals surface area contributed by atoms with Crippen molar-refractivity contribution in [1.29, 1.82) is 0 Å². The lowest BCUT2D eigenvalue weighted by molar-refractivity contribution is 0.102. The molecular weight excluding hydrogens is 356 g/mol. The van der Waals surface area contributed by atoms with Gasteiger partial charge in [-0.3, -0.25) is 9.59 Å². The topological polar surface area (TPSA) is 94.7 Å². The Hall–Kier alpha value is -3.81. The van der Waals surface area contributed by atoms with Crippen molar-refractivity contribution in [3.63, 3.8) is 0 Å². The second kappa shape index (κ2) is 7.07. The first-order chi connectivity index (χ1) is 13.5. The number of nitrogens with zero attached hydrogens (tertiary/aromatic N) is 5. The van der Waals surface area contributed by atoms with Crippen molar-refractivity contribution in [3.8, 4) is 5.69 Å². The van der Waals surface area contributed by atoms with Crippen molar-refractivity contribution < 1.29 is 4.79 Å². The van der Waals surface area contributed by atoms with Crippen molar-refractivity contribution in [2.45, 2.75) is 19.9 Å². The average molecular weight is 374 g/mol. The molecule has 0 aliphatic carbocycles. The smallest absolute Gasteiger partial charge is 0.276 e. The molecule has 0 spiro atoms. The van der Waals surface area contributed by atoms with Gasteiger partial charge in [0, 0.05) is 11.1 Å². The summed E-state index contributed by atoms with van der Waals surface area (Å²) in [6, 6.07) is 14.0. The van der Waals surface area contributed by atoms with Gasteiger partial charge in [0.2, 0.25) is 0 Å². The van der Waals surface area contributed by atoms with Gasteiger partial charge in [-0.25, -0.2) is 14.3 Å². The molecule has 1 amide bonds. The van der Waals surface area contributed by atoms with Crippen molar-refractivity contribution in [3.05, 3.63) is 77.2 Å². The van der Waals surface area contributed by atoms with Gasteiger partial charge in [0.05, 0.1) is 17.1 Å². The van der Waals surface area contributed by atoms with Crippen LogP contribution in [0, 0.1) is 0 Å². The quantitative estimate of drug-likeness (QED) is 0.593. The van der Waals surface area contributed by atoms with E-state index in [2.05, 4.69) is 20.5 Å². The number of aromatic nitrogens is 5. The second-order valence-electron chi connectivity index (χ2n) is 6.58. The number of benzene rings is 2. The molecule has 2 heterocycles. The van der Waals surface area contributed by atoms with E-state index in [1.54, 1.807) is 47.4 Å². The molecule has 0 atom stereocenters. The minimum absolute atomic E-state index is 0.161. The summed E-state index contributed by atoms with van der Waals surface area (Å²) in [5, 5.41) is 12.2. The molecule has 0 aliphatic heterocycles. The van der Waals surface area contributed by atoms with E-state index >= 15 is 0 Å². The zero-order valence-electron chi connectivity index (χ0n) is 15.4. The highest BCUT2D eigenvalue weighted by molar-refractivity contribution is 6.11. The fourth-order valence-corrected chi connectivity index (χ4v) is 2.95. The van der Waals surface area contributed by atoms with Crippen LogP contribution in [0.15, 0.2) is 66.0 Å². The maximum atomic E-state index is 12.9. The molecule has 2 aromatic heterocycles. The van der Waals surface area contributed by atoms with Crippen molar-refractivity contribution >= 4 is 22.4 Å². The first-order valence-corrected chi connectivity index (χ1v) is 8.82. The number of anilines is 1. The molecule has 0 saturated carbocycles. The number of amides is 1. The fourth-order valence-electron chi connectivity index (χ4n) is 2.95. The van der Waals surface area contributed by atoms with E-state index in [4.69, 9.17) is 0 Å². The average Bonchev–Trinajstić information content (AvgIpc) is 3.23. The Morgan fingerprint density at radius 1 is 1.04 bits per heavy atom. The molecule has 8 nitrogen and oxygen atoms in total. The molecule has 0 saturated heterocycles. The Morgan fingerprint density at radius 2 is 1.75 bits per heavy atom. The van der Waals surface area contributed by atoms with E-state index in [9.17, 15) is 9.59 Å². The van der Waals surface area contributed by atoms with Gasteiger partial charge in [-0.1, -0.05) is 18.2 Å². The molecule has 1 N–H and O–H groups in total. The zero-order chi connectivity index (χ0) is 19.7. The molecule has 8 heteroatoms. The summed E-state index contributed by atoms with van der Waals surface area (Å²) in [4.78, 5) is 29.4. The summed E-state index contributed by atoms with van der Waals surface area (Å²) in [5.74, 6) is -0.376. The van der Waals surface area contributed by atoms with Crippen LogP contribution < -0.4 is 10.9 Å². The maximum absolute atomic E-state index is 12.9. The van der Waals surface area contributed by atoms with Crippen LogP contribution >= 0.6 is 0 Å². The maximum Gasteiger partial charge on any atom is 0.276 e. The summed E-state index contributed by atoms with van der Waals surface area (Å²) < 4.78 is 2.96. The van der Waals surface area contributed by atoms with Crippen molar-refractivity contribution in [2.75, 3.05) is 5.32 Å². The Bertz CT molecular complexity index is 1190. The van der Waals surface area contributed by atoms with E-state index < -0.39 is 0 Å². The molecule has 4 rings (SSSR count). The molecule has 0 bridgehead atoms. The lowest BCUT2D eigenvalue weighted by Crippen LogP contribution is -2.28. The first kappa shape index (κ1) is 17.6. The minimum Gasteiger partial charge on any atom is -0.321 e. The lowest BCUT2D eigenvalue weighted by Gasteiger charge is -2.13. The van der Waals surface area contributed by atoms with E-state index in [-0.39, 0.29) is 23.2 Å². The molecular formula is C20H18N6O2. The Morgan fingerprint density at radius 3 is 2.39 bits per heavy atom. The lowest BCUT2D eigenvalue weighted by atomic mass is 10.1. The third-order valence-corrected chi connectivity index (χ3v) is 4.34. The Kier molecular flexibility index (Phi) is 4.44. The molecule has 2 aromatic carbocycles. The summed E-state index contributed by atoms with van der Waals surface area (Å²) >= 11 is 0. The molecule has 0 aliphatic rings. The first-order valence-electron chi connectivity index (χ1n) is 8.82. The number of rotatable bonds is 4. The Balaban J connectivity index is 1.69. The number of carbonyl (C=O) groups is 1. The summed E-state index contributed by atoms with van der Waals surface area (Å²) in [7, 11) is 0. The van der Waals surface area contributed by atoms with Gasteiger partial charge in [0.1, 0.15) is 12.7 Å². The summed E-state index contributed by atoms with van der Waals surface area (Å²) in [5.41, 5.74) is 1.44. The van der Waals surface area contributed by atoms with Crippen LogP contribution in [0.3, 0.4) is 0 Å². The highest BCUT2D eigenvalue weighted by atomic mass is 16.2. The second-order valence-corrected chi connectivity index (χ2v) is 6.58. The molecule has 4 aromatic rings. The molecule has 0 radical (unpaired) electrons. The van der Waals surface area contributed by atoms with Gasteiger partial charge in [-0.2, -0.15) is 10.2 Å². The van der Waals surface area contributed by atoms with Gasteiger partial charge in [-0.05, 0) is 44.2 Å². The summed E-state index contributed by atoms with van der Waals surface area (Å²) in [6.45, 7) is 3.71. The highest BCUT2D eigenvalue weighted by Gasteiger charge is 2.18. The normalized spacial score (nSPS) is 11.1. The number of carbonyl (C=O) groups excluding carboxylic acids is 1. The standard InChI is InChI=1S/C20H18N6O2/c1-13(2)26-20(28)17-6-4-3-5-16(17)18(24-26)19(27)23-14-7-9-15(10-8-14)25-12-21-11-22-25/h3-13H,1-2H3,(H,23,27). The van der Waals surface area contributed by atoms with Gasteiger partial charge >= 0.3 is 0 Å². The third-order valence-electron chi connectivity index (χ3n) is 4.34. The van der Waals surface area contributed by atoms with Crippen LogP contribution in [-0.4, -0.2) is 30.5 Å². The predicted molar refractivity (Wildman–Crippen MR) is 106 cm³/mol. The molecule has 0 fully saturated rings. The summed E-state index contributed by atoms with van der Waals surface area (Å²) in [6.07, 6.45) is 3.05. The van der Waals surface area contributed by atoms with Crippen LogP contribution in [0.2, 0.25) is 0 Å². The Labute approximate surface area is 160 Å². The predicted octanol–water partition coefficient (Wildman–Crippen LogP) is 2.81. The number of hydrogen-bond donors (Lipinski definition) is 1. The van der Waals surface area contributed by atoms with Gasteiger partial charge in [-0.15, -0.1) is 0 Å². The van der Waals surface area contributed by atoms with Crippen molar-refractivity contribution in [2.24, 2.45) is 0 Å². The molecule has 140 valence electrons. The third kappa shape index (κ3) is 3.16. The van der Waals surface area contributed by atoms with Crippen LogP contribution in [0.1, 0.15) is 30.4 Å². The van der Waals surface area contributed by atoms with E-state index in [0.29, 0.717) is 16.5 Å². The fraction of sp³-hybridized carbons (Fsp3) is 0.150. The van der Waals surface area contributed by atoms with Gasteiger partial charge in [0.25, 0.3) is 11.5 Å². The van der Waals surface area contributed by atoms with Crippen molar-refractivity contribution in [1.82, 2.24) is 24.5 Å². The van der Waals surface area contributed by atoms with Crippen LogP contribution in [0.5, 0.6) is 0 Å².